The van der Waals surface area contributed by atoms with Crippen LogP contribution in [0.2, 0.25) is 0 Å². The van der Waals surface area contributed by atoms with E-state index >= 15 is 0 Å². The van der Waals surface area contributed by atoms with Crippen LogP contribution in [0.3, 0.4) is 0 Å². The number of aromatic amines is 1. The highest BCUT2D eigenvalue weighted by molar-refractivity contribution is 7.92. The maximum atomic E-state index is 13.1. The number of H-pyrrole nitrogens is 1. The van der Waals surface area contributed by atoms with Crippen LogP contribution in [0.25, 0.3) is 16.9 Å². The van der Waals surface area contributed by atoms with Gasteiger partial charge in [-0.3, -0.25) is 9.52 Å². The summed E-state index contributed by atoms with van der Waals surface area (Å²) < 4.78 is 74.3. The molecule has 2 heterocycles. The molecule has 4 rings (SSSR count). The van der Waals surface area contributed by atoms with E-state index < -0.39 is 27.3 Å². The van der Waals surface area contributed by atoms with Gasteiger partial charge in [-0.1, -0.05) is 19.8 Å². The van der Waals surface area contributed by atoms with Crippen LogP contribution in [0, 0.1) is 6.92 Å². The molecule has 0 unspecified atom stereocenters. The molecule has 0 spiro atoms. The van der Waals surface area contributed by atoms with E-state index in [9.17, 15) is 26.4 Å². The predicted molar refractivity (Wildman–Crippen MR) is 140 cm³/mol. The zero-order valence-corrected chi connectivity index (χ0v) is 22.4. The van der Waals surface area contributed by atoms with Gasteiger partial charge in [0.05, 0.1) is 28.3 Å². The Morgan fingerprint density at radius 3 is 2.44 bits per heavy atom. The monoisotopic (exact) mass is 563 g/mol. The molecular weight excluding hydrogens is 535 g/mol. The molecule has 0 saturated heterocycles. The van der Waals surface area contributed by atoms with Gasteiger partial charge in [0.1, 0.15) is 11.6 Å². The highest BCUT2D eigenvalue weighted by Gasteiger charge is 2.30. The van der Waals surface area contributed by atoms with Gasteiger partial charge in [0.15, 0.2) is 11.3 Å². The molecule has 2 N–H and O–H groups in total. The van der Waals surface area contributed by atoms with E-state index in [1.165, 1.54) is 22.7 Å². The first-order valence-corrected chi connectivity index (χ1v) is 13.9. The fourth-order valence-corrected chi connectivity index (χ4v) is 5.22. The van der Waals surface area contributed by atoms with Gasteiger partial charge in [0.25, 0.3) is 15.6 Å². The fourth-order valence-electron chi connectivity index (χ4n) is 4.14. The number of sulfonamides is 1. The molecule has 0 aliphatic carbocycles. The quantitative estimate of drug-likeness (QED) is 0.251. The van der Waals surface area contributed by atoms with Crippen molar-refractivity contribution in [2.24, 2.45) is 0 Å². The van der Waals surface area contributed by atoms with Gasteiger partial charge >= 0.3 is 6.18 Å². The van der Waals surface area contributed by atoms with Gasteiger partial charge in [-0.05, 0) is 62.7 Å². The highest BCUT2D eigenvalue weighted by atomic mass is 32.2. The summed E-state index contributed by atoms with van der Waals surface area (Å²) in [6.45, 7) is 5.83. The van der Waals surface area contributed by atoms with Crippen molar-refractivity contribution in [2.45, 2.75) is 57.5 Å². The summed E-state index contributed by atoms with van der Waals surface area (Å²) in [4.78, 5) is 20.0. The SMILES string of the molecule is CCCCCc1nc(C)c2c(=O)[nH]c(-c3cc(S(=O)(=O)Nc4ccc(C(F)(F)F)cc4)ccc3OCC)nn12. The largest absolute Gasteiger partial charge is 0.493 e. The van der Waals surface area contributed by atoms with Crippen molar-refractivity contribution in [3.8, 4) is 17.1 Å². The molecule has 13 heteroatoms. The first kappa shape index (κ1) is 28.1. The third kappa shape index (κ3) is 6.08. The molecule has 0 fully saturated rings. The molecule has 0 aliphatic rings. The smallest absolute Gasteiger partial charge is 0.416 e. The number of nitrogens with one attached hydrogen (secondary N) is 2. The van der Waals surface area contributed by atoms with E-state index in [1.807, 2.05) is 0 Å². The van der Waals surface area contributed by atoms with Crippen LogP contribution in [0.5, 0.6) is 5.75 Å². The number of hydrogen-bond acceptors (Lipinski definition) is 6. The van der Waals surface area contributed by atoms with Crippen molar-refractivity contribution in [1.29, 1.82) is 0 Å². The summed E-state index contributed by atoms with van der Waals surface area (Å²) >= 11 is 0. The van der Waals surface area contributed by atoms with E-state index in [4.69, 9.17) is 4.74 Å². The second-order valence-electron chi connectivity index (χ2n) is 8.91. The van der Waals surface area contributed by atoms with Crippen molar-refractivity contribution >= 4 is 21.2 Å². The number of nitrogens with zero attached hydrogens (tertiary/aromatic N) is 3. The minimum atomic E-state index is -4.55. The van der Waals surface area contributed by atoms with Gasteiger partial charge in [-0.15, -0.1) is 5.10 Å². The third-order valence-electron chi connectivity index (χ3n) is 6.03. The van der Waals surface area contributed by atoms with Crippen LogP contribution in [0.15, 0.2) is 52.2 Å². The van der Waals surface area contributed by atoms with E-state index in [0.717, 1.165) is 43.5 Å². The summed E-state index contributed by atoms with van der Waals surface area (Å²) in [5.74, 6) is 0.989. The summed E-state index contributed by atoms with van der Waals surface area (Å²) in [6, 6.07) is 7.67. The van der Waals surface area contributed by atoms with Gasteiger partial charge < -0.3 is 9.72 Å². The van der Waals surface area contributed by atoms with Crippen molar-refractivity contribution < 1.29 is 26.3 Å². The van der Waals surface area contributed by atoms with Crippen molar-refractivity contribution in [1.82, 2.24) is 19.6 Å². The molecule has 0 amide bonds. The average Bonchev–Trinajstić information content (AvgIpc) is 3.19. The Balaban J connectivity index is 1.76. The molecule has 9 nitrogen and oxygen atoms in total. The lowest BCUT2D eigenvalue weighted by Gasteiger charge is -2.14. The molecule has 2 aromatic carbocycles. The number of aromatic nitrogens is 4. The van der Waals surface area contributed by atoms with Gasteiger partial charge in [0.2, 0.25) is 0 Å². The number of imidazole rings is 1. The molecule has 4 aromatic rings. The van der Waals surface area contributed by atoms with Crippen LogP contribution in [0.1, 0.15) is 50.2 Å². The number of rotatable bonds is 10. The van der Waals surface area contributed by atoms with Gasteiger partial charge in [-0.25, -0.2) is 17.9 Å². The third-order valence-corrected chi connectivity index (χ3v) is 7.41. The highest BCUT2D eigenvalue weighted by Crippen LogP contribution is 2.32. The maximum Gasteiger partial charge on any atom is 0.416 e. The summed E-state index contributed by atoms with van der Waals surface area (Å²) in [6.07, 6.45) is -1.06. The predicted octanol–water partition coefficient (Wildman–Crippen LogP) is 5.34. The minimum Gasteiger partial charge on any atom is -0.493 e. The molecule has 0 saturated carbocycles. The Morgan fingerprint density at radius 2 is 1.79 bits per heavy atom. The van der Waals surface area contributed by atoms with Crippen LogP contribution in [0.4, 0.5) is 18.9 Å². The number of unbranched alkanes of at least 4 members (excludes halogenated alkanes) is 2. The number of benzene rings is 2. The van der Waals surface area contributed by atoms with Gasteiger partial charge in [-0.2, -0.15) is 13.2 Å². The normalized spacial score (nSPS) is 12.2. The minimum absolute atomic E-state index is 0.0444. The van der Waals surface area contributed by atoms with Crippen LogP contribution >= 0.6 is 0 Å². The number of anilines is 1. The average molecular weight is 564 g/mol. The topological polar surface area (TPSA) is 118 Å². The number of aryl methyl sites for hydroxylation is 2. The first-order valence-electron chi connectivity index (χ1n) is 12.4. The summed E-state index contributed by atoms with van der Waals surface area (Å²) in [5.41, 5.74) is -0.331. The van der Waals surface area contributed by atoms with E-state index in [0.29, 0.717) is 23.5 Å². The lowest BCUT2D eigenvalue weighted by Crippen LogP contribution is -2.17. The van der Waals surface area contributed by atoms with Crippen LogP contribution < -0.4 is 15.0 Å². The molecule has 0 radical (unpaired) electrons. The van der Waals surface area contributed by atoms with E-state index in [2.05, 4.69) is 26.7 Å². The van der Waals surface area contributed by atoms with Crippen LogP contribution in [-0.4, -0.2) is 34.6 Å². The number of fused-ring (bicyclic) bond motifs is 1. The lowest BCUT2D eigenvalue weighted by atomic mass is 10.2. The lowest BCUT2D eigenvalue weighted by molar-refractivity contribution is -0.137. The standard InChI is InChI=1S/C26H28F3N5O4S/c1-4-6-7-8-22-30-16(3)23-25(35)31-24(32-34(22)23)20-15-19(13-14-21(20)38-5-2)39(36,37)33-18-11-9-17(10-12-18)26(27,28)29/h9-15,33H,4-8H2,1-3H3,(H,31,32,35). The fraction of sp³-hybridized carbons (Fsp3) is 0.346. The Hall–Kier alpha value is -3.87. The van der Waals surface area contributed by atoms with E-state index in [-0.39, 0.29) is 34.3 Å². The number of halogens is 3. The Labute approximate surface area is 223 Å². The Kier molecular flexibility index (Phi) is 8.00. The molecule has 0 atom stereocenters. The summed E-state index contributed by atoms with van der Waals surface area (Å²) in [7, 11) is -4.22. The van der Waals surface area contributed by atoms with E-state index in [1.54, 1.807) is 13.8 Å². The Bertz CT molecular complexity index is 1650. The molecule has 0 aliphatic heterocycles. The second-order valence-corrected chi connectivity index (χ2v) is 10.6. The first-order chi connectivity index (χ1) is 18.4. The number of alkyl halides is 3. The second kappa shape index (κ2) is 11.1. The zero-order valence-electron chi connectivity index (χ0n) is 21.6. The van der Waals surface area contributed by atoms with Crippen molar-refractivity contribution in [2.75, 3.05) is 11.3 Å². The summed E-state index contributed by atoms with van der Waals surface area (Å²) in [5, 5.41) is 4.59. The molecule has 208 valence electrons. The molecule has 39 heavy (non-hydrogen) atoms. The molecular formula is C26H28F3N5O4S. The Morgan fingerprint density at radius 1 is 1.08 bits per heavy atom. The van der Waals surface area contributed by atoms with Crippen LogP contribution in [-0.2, 0) is 22.6 Å². The van der Waals surface area contributed by atoms with Crippen molar-refractivity contribution in [3.63, 3.8) is 0 Å². The van der Waals surface area contributed by atoms with Crippen molar-refractivity contribution in [3.05, 3.63) is 69.9 Å². The molecule has 0 bridgehead atoms. The molecule has 2 aromatic heterocycles. The zero-order chi connectivity index (χ0) is 28.4. The number of hydrogen-bond donors (Lipinski definition) is 2. The van der Waals surface area contributed by atoms with Gasteiger partial charge in [0, 0.05) is 12.1 Å². The maximum absolute atomic E-state index is 13.1. The number of ether oxygens (including phenoxy) is 1.